The Morgan fingerprint density at radius 2 is 1.76 bits per heavy atom. The molecule has 1 unspecified atom stereocenters. The predicted molar refractivity (Wildman–Crippen MR) is 69.7 cm³/mol. The maximum Gasteiger partial charge on any atom is 0.0167 e. The van der Waals surface area contributed by atoms with Gasteiger partial charge in [-0.2, -0.15) is 0 Å². The Morgan fingerprint density at radius 3 is 2.76 bits per heavy atom. The van der Waals surface area contributed by atoms with E-state index in [2.05, 4.69) is 16.2 Å². The first-order valence-corrected chi connectivity index (χ1v) is 7.73. The standard InChI is InChI=1S/C15H25N2/c1-3-7-16-11-13-9-12(14(16)5-1)10-17-8-4-2-6-15(13)17/h5,12-15H,1-4,6-11H2/t12-,13-,14?,15-/m1/s1. The third-order valence-electron chi connectivity index (χ3n) is 5.71. The van der Waals surface area contributed by atoms with Crippen molar-refractivity contribution in [3.05, 3.63) is 6.42 Å². The van der Waals surface area contributed by atoms with Crippen LogP contribution in [-0.4, -0.2) is 48.1 Å². The van der Waals surface area contributed by atoms with Crippen molar-refractivity contribution in [3.8, 4) is 0 Å². The fourth-order valence-corrected chi connectivity index (χ4v) is 5.03. The summed E-state index contributed by atoms with van der Waals surface area (Å²) in [5.74, 6) is 1.96. The quantitative estimate of drug-likeness (QED) is 0.632. The van der Waals surface area contributed by atoms with E-state index in [4.69, 9.17) is 0 Å². The number of nitrogens with zero attached hydrogens (tertiary/aromatic N) is 2. The van der Waals surface area contributed by atoms with Crippen molar-refractivity contribution >= 4 is 0 Å². The molecule has 0 aromatic carbocycles. The molecule has 17 heavy (non-hydrogen) atoms. The molecule has 0 aromatic rings. The predicted octanol–water partition coefficient (Wildman–Crippen LogP) is 2.16. The lowest BCUT2D eigenvalue weighted by Crippen LogP contribution is -2.63. The van der Waals surface area contributed by atoms with E-state index in [-0.39, 0.29) is 0 Å². The average Bonchev–Trinajstić information content (AvgIpc) is 2.39. The molecule has 4 atom stereocenters. The second kappa shape index (κ2) is 4.24. The summed E-state index contributed by atoms with van der Waals surface area (Å²) in [5, 5.41) is 0. The molecule has 4 heterocycles. The van der Waals surface area contributed by atoms with Crippen LogP contribution in [0.5, 0.6) is 0 Å². The van der Waals surface area contributed by atoms with Gasteiger partial charge in [-0.15, -0.1) is 0 Å². The number of piperidine rings is 4. The highest BCUT2D eigenvalue weighted by Gasteiger charge is 2.46. The first kappa shape index (κ1) is 10.8. The monoisotopic (exact) mass is 233 g/mol. The molecule has 0 N–H and O–H groups in total. The molecule has 4 aliphatic heterocycles. The van der Waals surface area contributed by atoms with Gasteiger partial charge in [0.15, 0.2) is 0 Å². The second-order valence-electron chi connectivity index (χ2n) is 6.68. The van der Waals surface area contributed by atoms with Gasteiger partial charge in [0.25, 0.3) is 0 Å². The highest BCUT2D eigenvalue weighted by molar-refractivity contribution is 5.05. The molecule has 1 radical (unpaired) electrons. The van der Waals surface area contributed by atoms with Crippen LogP contribution in [0.2, 0.25) is 0 Å². The highest BCUT2D eigenvalue weighted by Crippen LogP contribution is 2.42. The van der Waals surface area contributed by atoms with Crippen LogP contribution in [0, 0.1) is 18.3 Å². The van der Waals surface area contributed by atoms with Crippen LogP contribution in [0.3, 0.4) is 0 Å². The van der Waals surface area contributed by atoms with Crippen LogP contribution in [0.25, 0.3) is 0 Å². The Hall–Kier alpha value is -0.0800. The van der Waals surface area contributed by atoms with E-state index in [1.165, 1.54) is 64.7 Å². The fourth-order valence-electron chi connectivity index (χ4n) is 5.03. The van der Waals surface area contributed by atoms with Crippen LogP contribution >= 0.6 is 0 Å². The van der Waals surface area contributed by atoms with Crippen LogP contribution in [-0.2, 0) is 0 Å². The Morgan fingerprint density at radius 1 is 0.882 bits per heavy atom. The Bertz CT molecular complexity index is 263. The number of hydrogen-bond acceptors (Lipinski definition) is 2. The first-order chi connectivity index (χ1) is 8.42. The molecule has 0 aliphatic carbocycles. The van der Waals surface area contributed by atoms with Gasteiger partial charge in [0.1, 0.15) is 0 Å². The lowest BCUT2D eigenvalue weighted by molar-refractivity contribution is -0.0590. The minimum Gasteiger partial charge on any atom is -0.300 e. The maximum absolute atomic E-state index is 2.85. The topological polar surface area (TPSA) is 6.48 Å². The number of rotatable bonds is 0. The molecule has 2 nitrogen and oxygen atoms in total. The second-order valence-corrected chi connectivity index (χ2v) is 6.68. The minimum absolute atomic E-state index is 0.836. The zero-order chi connectivity index (χ0) is 11.2. The SMILES string of the molecule is [CH]1CCCN2C[C@H]3C[C@H](CN4CCCC[C@H]34)C12. The smallest absolute Gasteiger partial charge is 0.0167 e. The first-order valence-electron chi connectivity index (χ1n) is 7.73. The minimum atomic E-state index is 0.836. The normalized spacial score (nSPS) is 47.3. The fraction of sp³-hybridized carbons (Fsp3) is 0.933. The summed E-state index contributed by atoms with van der Waals surface area (Å²) in [5.41, 5.74) is 0. The number of fused-ring (bicyclic) bond motifs is 6. The van der Waals surface area contributed by atoms with E-state index in [1.807, 2.05) is 0 Å². The molecule has 4 rings (SSSR count). The summed E-state index contributed by atoms with van der Waals surface area (Å²) in [6, 6.07) is 1.78. The van der Waals surface area contributed by atoms with Crippen molar-refractivity contribution in [1.29, 1.82) is 0 Å². The van der Waals surface area contributed by atoms with Gasteiger partial charge < -0.3 is 0 Å². The van der Waals surface area contributed by atoms with Crippen molar-refractivity contribution in [2.45, 2.75) is 50.6 Å². The molecular formula is C15H25N2. The van der Waals surface area contributed by atoms with E-state index in [0.717, 1.165) is 23.9 Å². The average molecular weight is 233 g/mol. The summed E-state index contributed by atoms with van der Waals surface area (Å²) in [6.07, 6.45) is 11.4. The zero-order valence-electron chi connectivity index (χ0n) is 10.9. The maximum atomic E-state index is 2.85. The Labute approximate surface area is 105 Å². The summed E-state index contributed by atoms with van der Waals surface area (Å²) in [7, 11) is 0. The van der Waals surface area contributed by atoms with Gasteiger partial charge in [-0.1, -0.05) is 6.42 Å². The summed E-state index contributed by atoms with van der Waals surface area (Å²) in [6.45, 7) is 5.57. The summed E-state index contributed by atoms with van der Waals surface area (Å²) < 4.78 is 0. The van der Waals surface area contributed by atoms with Crippen molar-refractivity contribution in [2.75, 3.05) is 26.2 Å². The molecule has 0 spiro atoms. The van der Waals surface area contributed by atoms with Crippen LogP contribution in [0.4, 0.5) is 0 Å². The van der Waals surface area contributed by atoms with Crippen LogP contribution in [0.1, 0.15) is 38.5 Å². The van der Waals surface area contributed by atoms with Gasteiger partial charge in [0.2, 0.25) is 0 Å². The largest absolute Gasteiger partial charge is 0.300 e. The van der Waals surface area contributed by atoms with Crippen molar-refractivity contribution in [1.82, 2.24) is 9.80 Å². The van der Waals surface area contributed by atoms with Gasteiger partial charge in [-0.25, -0.2) is 0 Å². The van der Waals surface area contributed by atoms with Gasteiger partial charge >= 0.3 is 0 Å². The molecule has 0 saturated carbocycles. The summed E-state index contributed by atoms with van der Waals surface area (Å²) >= 11 is 0. The molecule has 4 aliphatic rings. The van der Waals surface area contributed by atoms with Gasteiger partial charge in [-0.05, 0) is 63.5 Å². The molecule has 0 aromatic heterocycles. The summed E-state index contributed by atoms with van der Waals surface area (Å²) in [4.78, 5) is 5.66. The molecule has 2 bridgehead atoms. The van der Waals surface area contributed by atoms with E-state index in [1.54, 1.807) is 0 Å². The van der Waals surface area contributed by atoms with Gasteiger partial charge in [-0.3, -0.25) is 9.80 Å². The molecule has 4 saturated heterocycles. The lowest BCUT2D eigenvalue weighted by atomic mass is 9.71. The van der Waals surface area contributed by atoms with Gasteiger partial charge in [0.05, 0.1) is 0 Å². The molecule has 0 amide bonds. The van der Waals surface area contributed by atoms with Crippen LogP contribution < -0.4 is 0 Å². The Balaban J connectivity index is 1.56. The molecule has 95 valence electrons. The third-order valence-corrected chi connectivity index (χ3v) is 5.71. The van der Waals surface area contributed by atoms with Crippen molar-refractivity contribution in [3.63, 3.8) is 0 Å². The van der Waals surface area contributed by atoms with E-state index >= 15 is 0 Å². The molecular weight excluding hydrogens is 208 g/mol. The van der Waals surface area contributed by atoms with Crippen LogP contribution in [0.15, 0.2) is 0 Å². The van der Waals surface area contributed by atoms with E-state index in [0.29, 0.717) is 0 Å². The van der Waals surface area contributed by atoms with Crippen molar-refractivity contribution in [2.24, 2.45) is 11.8 Å². The van der Waals surface area contributed by atoms with Gasteiger partial charge in [0, 0.05) is 25.2 Å². The number of hydrogen-bond donors (Lipinski definition) is 0. The van der Waals surface area contributed by atoms with E-state index in [9.17, 15) is 0 Å². The molecule has 2 heteroatoms. The van der Waals surface area contributed by atoms with Crippen molar-refractivity contribution < 1.29 is 0 Å². The molecule has 4 fully saturated rings. The van der Waals surface area contributed by atoms with E-state index < -0.39 is 0 Å². The highest BCUT2D eigenvalue weighted by atomic mass is 15.3. The third kappa shape index (κ3) is 1.76. The zero-order valence-corrected chi connectivity index (χ0v) is 10.9. The Kier molecular flexibility index (Phi) is 2.69. The lowest BCUT2D eigenvalue weighted by Gasteiger charge is -2.57.